The van der Waals surface area contributed by atoms with Crippen molar-refractivity contribution in [2.75, 3.05) is 24.4 Å². The van der Waals surface area contributed by atoms with Crippen LogP contribution in [-0.2, 0) is 18.8 Å². The molecule has 13 nitrogen and oxygen atoms in total. The first-order valence-corrected chi connectivity index (χ1v) is 15.8. The number of hydrogen-bond donors (Lipinski definition) is 3. The van der Waals surface area contributed by atoms with Crippen LogP contribution in [0.25, 0.3) is 11.2 Å². The summed E-state index contributed by atoms with van der Waals surface area (Å²) < 4.78 is 26.6. The fourth-order valence-electron chi connectivity index (χ4n) is 5.47. The quantitative estimate of drug-likeness (QED) is 0.121. The summed E-state index contributed by atoms with van der Waals surface area (Å²) in [4.78, 5) is 26.2. The van der Waals surface area contributed by atoms with Crippen LogP contribution in [0.5, 0.6) is 5.75 Å². The average Bonchev–Trinajstić information content (AvgIpc) is 3.25. The molecule has 0 spiro atoms. The Kier molecular flexibility index (Phi) is 8.41. The zero-order valence-corrected chi connectivity index (χ0v) is 25.3. The van der Waals surface area contributed by atoms with Gasteiger partial charge in [0.25, 0.3) is 0 Å². The minimum absolute atomic E-state index is 0.00683. The number of hydrogen-bond acceptors (Lipinski definition) is 12. The van der Waals surface area contributed by atoms with Crippen LogP contribution in [0.15, 0.2) is 30.6 Å². The van der Waals surface area contributed by atoms with E-state index in [1.807, 2.05) is 4.57 Å². The van der Waals surface area contributed by atoms with Crippen molar-refractivity contribution in [1.29, 1.82) is 0 Å². The number of rotatable bonds is 11. The van der Waals surface area contributed by atoms with Gasteiger partial charge in [0.05, 0.1) is 19.0 Å². The molecule has 0 amide bonds. The molecule has 2 aliphatic carbocycles. The summed E-state index contributed by atoms with van der Waals surface area (Å²) in [6.07, 6.45) is 7.17. The van der Waals surface area contributed by atoms with Gasteiger partial charge in [-0.25, -0.2) is 15.9 Å². The molecule has 42 heavy (non-hydrogen) atoms. The minimum Gasteiger partial charge on any atom is -0.461 e. The molecule has 6 rings (SSSR count). The molecule has 3 heterocycles. The first-order chi connectivity index (χ1) is 20.2. The number of ether oxygens (including phenoxy) is 2. The Balaban J connectivity index is 1.14. The third-order valence-electron chi connectivity index (χ3n) is 7.88. The normalized spacial score (nSPS) is 24.1. The maximum absolute atomic E-state index is 13.1. The lowest BCUT2D eigenvalue weighted by molar-refractivity contribution is -0.152. The van der Waals surface area contributed by atoms with Crippen LogP contribution in [0.4, 0.5) is 11.8 Å². The lowest BCUT2D eigenvalue weighted by atomic mass is 10.1. The molecule has 1 saturated heterocycles. The van der Waals surface area contributed by atoms with Crippen molar-refractivity contribution in [2.45, 2.75) is 75.8 Å². The van der Waals surface area contributed by atoms with Crippen molar-refractivity contribution in [3.8, 4) is 5.75 Å². The summed E-state index contributed by atoms with van der Waals surface area (Å²) in [7, 11) is -0.0385. The van der Waals surface area contributed by atoms with Gasteiger partial charge in [-0.05, 0) is 69.2 Å². The van der Waals surface area contributed by atoms with Gasteiger partial charge in [0.2, 0.25) is 5.95 Å². The van der Waals surface area contributed by atoms with Gasteiger partial charge in [0.1, 0.15) is 23.6 Å². The molecule has 4 atom stereocenters. The second kappa shape index (κ2) is 12.1. The molecule has 15 heteroatoms. The lowest BCUT2D eigenvalue weighted by Gasteiger charge is -2.25. The predicted molar refractivity (Wildman–Crippen MR) is 158 cm³/mol. The largest absolute Gasteiger partial charge is 0.461 e. The van der Waals surface area contributed by atoms with Gasteiger partial charge in [0.15, 0.2) is 17.0 Å². The number of nitrogen functional groups attached to an aromatic ring is 1. The molecule has 2 saturated carbocycles. The van der Waals surface area contributed by atoms with E-state index in [0.717, 1.165) is 32.1 Å². The van der Waals surface area contributed by atoms with Crippen LogP contribution < -0.4 is 26.2 Å². The lowest BCUT2D eigenvalue weighted by Crippen LogP contribution is -2.40. The molecule has 0 radical (unpaired) electrons. The molecule has 1 aromatic carbocycles. The Hall–Kier alpha value is -2.80. The monoisotopic (exact) mass is 618 g/mol. The second-order valence-corrected chi connectivity index (χ2v) is 12.9. The molecule has 3 aliphatic rings. The third-order valence-corrected chi connectivity index (χ3v) is 9.51. The van der Waals surface area contributed by atoms with E-state index in [0.29, 0.717) is 40.6 Å². The highest BCUT2D eigenvalue weighted by molar-refractivity contribution is 7.45. The van der Waals surface area contributed by atoms with Crippen LogP contribution >= 0.6 is 20.1 Å². The zero-order chi connectivity index (χ0) is 29.4. The van der Waals surface area contributed by atoms with Crippen LogP contribution in [0.2, 0.25) is 5.02 Å². The number of hydrazine groups is 1. The van der Waals surface area contributed by atoms with E-state index < -0.39 is 14.1 Å². The van der Waals surface area contributed by atoms with E-state index in [1.165, 1.54) is 5.01 Å². The first-order valence-electron chi connectivity index (χ1n) is 14.2. The smallest absolute Gasteiger partial charge is 0.327 e. The third kappa shape index (κ3) is 6.27. The maximum Gasteiger partial charge on any atom is 0.327 e. The van der Waals surface area contributed by atoms with E-state index in [-0.39, 0.29) is 42.9 Å². The van der Waals surface area contributed by atoms with Crippen LogP contribution in [-0.4, -0.2) is 56.9 Å². The van der Waals surface area contributed by atoms with E-state index in [1.54, 1.807) is 37.6 Å². The van der Waals surface area contributed by atoms with E-state index >= 15 is 0 Å². The topological polar surface area (TPSA) is 165 Å². The van der Waals surface area contributed by atoms with E-state index in [9.17, 15) is 4.79 Å². The van der Waals surface area contributed by atoms with Crippen molar-refractivity contribution < 1.29 is 23.3 Å². The van der Waals surface area contributed by atoms with Gasteiger partial charge in [0, 0.05) is 18.0 Å². The van der Waals surface area contributed by atoms with E-state index in [2.05, 4.69) is 27.0 Å². The number of imidazole rings is 1. The molecule has 3 fully saturated rings. The number of nitrogens with two attached hydrogens (primary N) is 2. The minimum atomic E-state index is -1.71. The van der Waals surface area contributed by atoms with Gasteiger partial charge < -0.3 is 24.3 Å². The molecule has 226 valence electrons. The van der Waals surface area contributed by atoms with Crippen molar-refractivity contribution in [3.63, 3.8) is 0 Å². The molecule has 4 unspecified atom stereocenters. The molecule has 2 aromatic heterocycles. The number of nitrogens with zero attached hydrogens (tertiary/aromatic N) is 5. The predicted octanol–water partition coefficient (Wildman–Crippen LogP) is 4.23. The zero-order valence-electron chi connectivity index (χ0n) is 23.6. The number of anilines is 2. The number of benzene rings is 1. The van der Waals surface area contributed by atoms with Crippen molar-refractivity contribution in [3.05, 3.63) is 35.6 Å². The second-order valence-electron chi connectivity index (χ2n) is 11.3. The Morgan fingerprint density at radius 1 is 1.26 bits per heavy atom. The number of nitrogens with one attached hydrogen (secondary N) is 1. The molecular weight excluding hydrogens is 583 g/mol. The molecular formula is C27H36ClN8O5P. The number of halogens is 1. The van der Waals surface area contributed by atoms with Gasteiger partial charge in [-0.1, -0.05) is 18.5 Å². The standard InChI is InChI=1S/C27H36ClN8O5P/c1-16-13-20(39-24(16)36-15-31-21-22(35(2)30)32-26(29)33-23(21)36)14-38-42(41-19-9-7-17(28)8-10-19)34-27(11-12-27)25(37)40-18-5-3-4-6-18/h7-10,15-16,18,20,24,34H,3-6,11-14,30H2,1-2H3,(H2,29,32,33). The number of carbonyl (C=O) groups is 1. The maximum atomic E-state index is 13.1. The van der Waals surface area contributed by atoms with Crippen LogP contribution in [0.1, 0.15) is 58.1 Å². The number of esters is 1. The molecule has 5 N–H and O–H groups in total. The number of fused-ring (bicyclic) bond motifs is 1. The summed E-state index contributed by atoms with van der Waals surface area (Å²) in [6.45, 7) is 2.35. The van der Waals surface area contributed by atoms with Gasteiger partial charge in [-0.15, -0.1) is 0 Å². The summed E-state index contributed by atoms with van der Waals surface area (Å²) >= 11 is 6.07. The van der Waals surface area contributed by atoms with Crippen molar-refractivity contribution in [1.82, 2.24) is 24.6 Å². The highest BCUT2D eigenvalue weighted by Crippen LogP contribution is 2.48. The Labute approximate surface area is 250 Å². The Bertz CT molecular complexity index is 1420. The average molecular weight is 619 g/mol. The Morgan fingerprint density at radius 2 is 2.00 bits per heavy atom. The molecule has 0 bridgehead atoms. The van der Waals surface area contributed by atoms with Gasteiger partial charge in [-0.2, -0.15) is 9.97 Å². The van der Waals surface area contributed by atoms with E-state index in [4.69, 9.17) is 41.7 Å². The summed E-state index contributed by atoms with van der Waals surface area (Å²) in [5, 5.41) is 5.32. The van der Waals surface area contributed by atoms with Gasteiger partial charge >= 0.3 is 14.5 Å². The SMILES string of the molecule is CC1CC(COP(NC2(C(=O)OC3CCCC3)CC2)Oc2ccc(Cl)cc2)OC1n1cnc2c(N(C)N)nc(N)nc21. The Morgan fingerprint density at radius 3 is 2.69 bits per heavy atom. The summed E-state index contributed by atoms with van der Waals surface area (Å²) in [5.74, 6) is 6.94. The molecule has 1 aliphatic heterocycles. The van der Waals surface area contributed by atoms with Gasteiger partial charge in [-0.3, -0.25) is 14.4 Å². The summed E-state index contributed by atoms with van der Waals surface area (Å²) in [6, 6.07) is 7.04. The fraction of sp³-hybridized carbons (Fsp3) is 0.556. The van der Waals surface area contributed by atoms with Crippen molar-refractivity contribution in [2.24, 2.45) is 11.8 Å². The van der Waals surface area contributed by atoms with Crippen LogP contribution in [0, 0.1) is 5.92 Å². The van der Waals surface area contributed by atoms with Crippen molar-refractivity contribution >= 4 is 49.0 Å². The first kappa shape index (κ1) is 29.3. The number of aromatic nitrogens is 4. The highest BCUT2D eigenvalue weighted by Gasteiger charge is 2.54. The highest BCUT2D eigenvalue weighted by atomic mass is 35.5. The number of carbonyl (C=O) groups excluding carboxylic acids is 1. The van der Waals surface area contributed by atoms with Crippen LogP contribution in [0.3, 0.4) is 0 Å². The summed E-state index contributed by atoms with van der Waals surface area (Å²) in [5.41, 5.74) is 6.24. The fourth-order valence-corrected chi connectivity index (χ4v) is 7.04. The molecule has 3 aromatic rings.